The number of likely N-dealkylation sites (N-methyl/N-ethyl adjacent to an activating group) is 1. The zero-order chi connectivity index (χ0) is 25.4. The van der Waals surface area contributed by atoms with E-state index >= 15 is 0 Å². The van der Waals surface area contributed by atoms with E-state index in [1.54, 1.807) is 17.0 Å². The average molecular weight is 479 g/mol. The molecule has 6 nitrogen and oxygen atoms in total. The van der Waals surface area contributed by atoms with E-state index in [1.165, 1.54) is 0 Å². The number of Topliss-reactive ketones (excluding diaryl/α,β-unsaturated/α-hetero) is 1. The van der Waals surface area contributed by atoms with Gasteiger partial charge in [0.2, 0.25) is 0 Å². The van der Waals surface area contributed by atoms with E-state index < -0.39 is 17.7 Å². The van der Waals surface area contributed by atoms with Gasteiger partial charge in [0.1, 0.15) is 11.5 Å². The molecule has 188 valence electrons. The van der Waals surface area contributed by atoms with Gasteiger partial charge >= 0.3 is 0 Å². The largest absolute Gasteiger partial charge is 0.507 e. The van der Waals surface area contributed by atoms with E-state index in [-0.39, 0.29) is 11.3 Å². The molecule has 1 aliphatic rings. The molecule has 0 bridgehead atoms. The van der Waals surface area contributed by atoms with Crippen molar-refractivity contribution in [2.45, 2.75) is 53.0 Å². The SMILES string of the molecule is CCCCCOc1cccc(C2C(=C(O)c3ccc(C)cc3)C(=O)C(=O)N2CCN(CC)CC)c1. The Balaban J connectivity index is 2.02. The molecule has 0 aromatic heterocycles. The number of hydrogen-bond acceptors (Lipinski definition) is 5. The molecule has 35 heavy (non-hydrogen) atoms. The number of aliphatic hydroxyl groups excluding tert-OH is 1. The molecule has 1 atom stereocenters. The molecule has 1 unspecified atom stereocenters. The summed E-state index contributed by atoms with van der Waals surface area (Å²) in [5.74, 6) is -0.678. The van der Waals surface area contributed by atoms with Crippen LogP contribution < -0.4 is 4.74 Å². The van der Waals surface area contributed by atoms with Gasteiger partial charge in [-0.25, -0.2) is 0 Å². The van der Waals surface area contributed by atoms with Crippen molar-refractivity contribution in [2.24, 2.45) is 0 Å². The topological polar surface area (TPSA) is 70.1 Å². The Morgan fingerprint density at radius 3 is 2.40 bits per heavy atom. The number of likely N-dealkylation sites (tertiary alicyclic amines) is 1. The first-order chi connectivity index (χ1) is 16.9. The summed E-state index contributed by atoms with van der Waals surface area (Å²) in [5, 5.41) is 11.2. The molecule has 1 amide bonds. The smallest absolute Gasteiger partial charge is 0.295 e. The Labute approximate surface area is 209 Å². The van der Waals surface area contributed by atoms with Gasteiger partial charge in [-0.1, -0.05) is 75.6 Å². The van der Waals surface area contributed by atoms with Crippen LogP contribution in [0.5, 0.6) is 5.75 Å². The zero-order valence-corrected chi connectivity index (χ0v) is 21.4. The lowest BCUT2D eigenvalue weighted by Gasteiger charge is -2.28. The molecule has 2 aromatic rings. The van der Waals surface area contributed by atoms with Crippen molar-refractivity contribution in [3.63, 3.8) is 0 Å². The zero-order valence-electron chi connectivity index (χ0n) is 21.4. The average Bonchev–Trinajstić information content (AvgIpc) is 3.12. The molecule has 2 aromatic carbocycles. The highest BCUT2D eigenvalue weighted by molar-refractivity contribution is 6.46. The second kappa shape index (κ2) is 12.5. The molecule has 1 aliphatic heterocycles. The maximum Gasteiger partial charge on any atom is 0.295 e. The lowest BCUT2D eigenvalue weighted by Crippen LogP contribution is -2.38. The normalized spacial score (nSPS) is 17.4. The number of carbonyl (C=O) groups is 2. The summed E-state index contributed by atoms with van der Waals surface area (Å²) < 4.78 is 5.95. The molecular weight excluding hydrogens is 440 g/mol. The number of benzene rings is 2. The lowest BCUT2D eigenvalue weighted by molar-refractivity contribution is -0.140. The van der Waals surface area contributed by atoms with Gasteiger partial charge in [0.25, 0.3) is 11.7 Å². The van der Waals surface area contributed by atoms with E-state index in [0.29, 0.717) is 31.0 Å². The summed E-state index contributed by atoms with van der Waals surface area (Å²) in [5.41, 5.74) is 2.45. The van der Waals surface area contributed by atoms with Crippen molar-refractivity contribution in [3.8, 4) is 5.75 Å². The van der Waals surface area contributed by atoms with Crippen molar-refractivity contribution in [3.05, 3.63) is 70.8 Å². The number of ether oxygens (including phenoxy) is 1. The number of carbonyl (C=O) groups excluding carboxylic acids is 2. The van der Waals surface area contributed by atoms with E-state index in [9.17, 15) is 14.7 Å². The quantitative estimate of drug-likeness (QED) is 0.193. The number of unbranched alkanes of at least 4 members (excludes halogenated alkanes) is 2. The second-order valence-electron chi connectivity index (χ2n) is 9.01. The number of hydrogen-bond donors (Lipinski definition) is 1. The number of nitrogens with zero attached hydrogens (tertiary/aromatic N) is 2. The number of aryl methyl sites for hydroxylation is 1. The third kappa shape index (κ3) is 6.31. The summed E-state index contributed by atoms with van der Waals surface area (Å²) in [6, 6.07) is 14.2. The highest BCUT2D eigenvalue weighted by atomic mass is 16.5. The molecule has 1 fully saturated rings. The van der Waals surface area contributed by atoms with Gasteiger partial charge in [0.05, 0.1) is 18.2 Å². The molecule has 0 spiro atoms. The maximum atomic E-state index is 13.2. The minimum atomic E-state index is -0.675. The summed E-state index contributed by atoms with van der Waals surface area (Å²) in [6.07, 6.45) is 3.18. The van der Waals surface area contributed by atoms with E-state index in [4.69, 9.17) is 4.74 Å². The van der Waals surface area contributed by atoms with Crippen molar-refractivity contribution in [1.82, 2.24) is 9.80 Å². The van der Waals surface area contributed by atoms with Crippen LogP contribution in [-0.4, -0.2) is 59.4 Å². The fraction of sp³-hybridized carbons (Fsp3) is 0.448. The summed E-state index contributed by atoms with van der Waals surface area (Å²) in [7, 11) is 0. The van der Waals surface area contributed by atoms with E-state index in [0.717, 1.165) is 43.5 Å². The van der Waals surface area contributed by atoms with Gasteiger partial charge in [0.15, 0.2) is 0 Å². The molecule has 3 rings (SSSR count). The van der Waals surface area contributed by atoms with Gasteiger partial charge in [-0.15, -0.1) is 0 Å². The number of ketones is 1. The Hall–Kier alpha value is -3.12. The van der Waals surface area contributed by atoms with Crippen LogP contribution >= 0.6 is 0 Å². The third-order valence-electron chi connectivity index (χ3n) is 6.61. The fourth-order valence-electron chi connectivity index (χ4n) is 4.43. The van der Waals surface area contributed by atoms with Crippen LogP contribution in [0.15, 0.2) is 54.1 Å². The Kier molecular flexibility index (Phi) is 9.49. The highest BCUT2D eigenvalue weighted by Gasteiger charge is 2.46. The lowest BCUT2D eigenvalue weighted by atomic mass is 9.95. The molecule has 1 heterocycles. The fourth-order valence-corrected chi connectivity index (χ4v) is 4.43. The van der Waals surface area contributed by atoms with Gasteiger partial charge in [0, 0.05) is 18.7 Å². The van der Waals surface area contributed by atoms with Gasteiger partial charge in [-0.2, -0.15) is 0 Å². The van der Waals surface area contributed by atoms with Gasteiger partial charge in [-0.3, -0.25) is 9.59 Å². The van der Waals surface area contributed by atoms with Crippen LogP contribution in [0, 0.1) is 6.92 Å². The van der Waals surface area contributed by atoms with Crippen molar-refractivity contribution in [2.75, 3.05) is 32.8 Å². The number of aliphatic hydroxyl groups is 1. The van der Waals surface area contributed by atoms with Crippen LogP contribution in [0.2, 0.25) is 0 Å². The standard InChI is InChI=1S/C29H38N2O4/c1-5-8-9-19-35-24-12-10-11-23(20-24)26-25(27(32)22-15-13-21(4)14-16-22)28(33)29(34)31(26)18-17-30(6-2)7-3/h10-16,20,26,32H,5-9,17-19H2,1-4H3. The predicted octanol–water partition coefficient (Wildman–Crippen LogP) is 5.33. The van der Waals surface area contributed by atoms with Crippen LogP contribution in [-0.2, 0) is 9.59 Å². The molecule has 1 N–H and O–H groups in total. The monoisotopic (exact) mass is 478 g/mol. The minimum absolute atomic E-state index is 0.126. The first-order valence-corrected chi connectivity index (χ1v) is 12.7. The number of amides is 1. The van der Waals surface area contributed by atoms with E-state index in [1.807, 2.05) is 43.3 Å². The minimum Gasteiger partial charge on any atom is -0.507 e. The van der Waals surface area contributed by atoms with Crippen LogP contribution in [0.25, 0.3) is 5.76 Å². The first-order valence-electron chi connectivity index (χ1n) is 12.7. The number of rotatable bonds is 12. The molecule has 0 radical (unpaired) electrons. The second-order valence-corrected chi connectivity index (χ2v) is 9.01. The molecule has 1 saturated heterocycles. The first kappa shape index (κ1) is 26.5. The van der Waals surface area contributed by atoms with Gasteiger partial charge < -0.3 is 19.6 Å². The van der Waals surface area contributed by atoms with Crippen LogP contribution in [0.4, 0.5) is 0 Å². The molecular formula is C29H38N2O4. The van der Waals surface area contributed by atoms with Crippen LogP contribution in [0.3, 0.4) is 0 Å². The third-order valence-corrected chi connectivity index (χ3v) is 6.61. The molecule has 0 aliphatic carbocycles. The summed E-state index contributed by atoms with van der Waals surface area (Å²) >= 11 is 0. The van der Waals surface area contributed by atoms with E-state index in [2.05, 4.69) is 25.7 Å². The maximum absolute atomic E-state index is 13.2. The summed E-state index contributed by atoms with van der Waals surface area (Å²) in [6.45, 7) is 11.6. The Bertz CT molecular complexity index is 1040. The predicted molar refractivity (Wildman–Crippen MR) is 139 cm³/mol. The van der Waals surface area contributed by atoms with Crippen molar-refractivity contribution < 1.29 is 19.4 Å². The van der Waals surface area contributed by atoms with Crippen molar-refractivity contribution >= 4 is 17.4 Å². The van der Waals surface area contributed by atoms with Crippen LogP contribution in [0.1, 0.15) is 62.8 Å². The molecule has 6 heteroatoms. The van der Waals surface area contributed by atoms with Gasteiger partial charge in [-0.05, 0) is 44.1 Å². The summed E-state index contributed by atoms with van der Waals surface area (Å²) in [4.78, 5) is 30.2. The Morgan fingerprint density at radius 1 is 1.03 bits per heavy atom. The molecule has 0 saturated carbocycles. The Morgan fingerprint density at radius 2 is 1.74 bits per heavy atom. The van der Waals surface area contributed by atoms with Crippen molar-refractivity contribution in [1.29, 1.82) is 0 Å². The highest BCUT2D eigenvalue weighted by Crippen LogP contribution is 2.40.